The van der Waals surface area contributed by atoms with Gasteiger partial charge in [0.25, 0.3) is 5.92 Å². The molecule has 0 bridgehead atoms. The third-order valence-corrected chi connectivity index (χ3v) is 7.46. The number of anilines is 2. The summed E-state index contributed by atoms with van der Waals surface area (Å²) in [7, 11) is 1.76. The lowest BCUT2D eigenvalue weighted by atomic mass is 9.75. The maximum Gasteiger partial charge on any atom is 0.298 e. The van der Waals surface area contributed by atoms with Gasteiger partial charge in [-0.15, -0.1) is 5.10 Å². The summed E-state index contributed by atoms with van der Waals surface area (Å²) in [5, 5.41) is 22.2. The predicted molar refractivity (Wildman–Crippen MR) is 129 cm³/mol. The van der Waals surface area contributed by atoms with Gasteiger partial charge in [0.15, 0.2) is 5.82 Å². The molecule has 3 heterocycles. The molecular weight excluding hydrogens is 473 g/mol. The minimum absolute atomic E-state index is 0.00752. The average molecular weight is 501 g/mol. The molecule has 1 saturated heterocycles. The van der Waals surface area contributed by atoms with Gasteiger partial charge in [-0.1, -0.05) is 12.1 Å². The zero-order valence-electron chi connectivity index (χ0n) is 20.2. The molecule has 190 valence electrons. The number of aliphatic hydroxyl groups is 1. The van der Waals surface area contributed by atoms with Crippen molar-refractivity contribution in [3.63, 3.8) is 0 Å². The molecule has 1 spiro atoms. The van der Waals surface area contributed by atoms with Gasteiger partial charge < -0.3 is 20.1 Å². The Balaban J connectivity index is 1.59. The molecule has 2 aliphatic heterocycles. The summed E-state index contributed by atoms with van der Waals surface area (Å²) in [4.78, 5) is 15.0. The SMILES string of the molecule is Cc1nnc(N[C@H](C)c2cccc(C(F)(F)CO)c2F)c2cc3c(cc12)N(C)C(=O)C31CCOCC1. The number of rotatable bonds is 5. The third-order valence-electron chi connectivity index (χ3n) is 7.46. The Kier molecular flexibility index (Phi) is 5.91. The van der Waals surface area contributed by atoms with E-state index in [4.69, 9.17) is 9.84 Å². The summed E-state index contributed by atoms with van der Waals surface area (Å²) >= 11 is 0. The molecule has 0 unspecified atom stereocenters. The molecule has 1 amide bonds. The molecule has 36 heavy (non-hydrogen) atoms. The van der Waals surface area contributed by atoms with Crippen LogP contribution in [0, 0.1) is 12.7 Å². The maximum atomic E-state index is 15.1. The standard InChI is InChI=1S/C26H27F3N4O3/c1-14(16-5-4-6-19(22(16)27)26(28,29)13-34)30-23-18-11-20-21(12-17(18)15(2)31-32-23)33(3)24(35)25(20)7-9-36-10-8-25/h4-6,11-12,14,34H,7-10,13H2,1-3H3,(H,30,32)/t14-/m1/s1. The zero-order valence-corrected chi connectivity index (χ0v) is 20.2. The molecule has 0 aliphatic carbocycles. The Hall–Kier alpha value is -3.24. The molecule has 2 aromatic carbocycles. The van der Waals surface area contributed by atoms with Gasteiger partial charge in [-0.25, -0.2) is 4.39 Å². The van der Waals surface area contributed by atoms with Crippen molar-refractivity contribution in [1.29, 1.82) is 0 Å². The summed E-state index contributed by atoms with van der Waals surface area (Å²) < 4.78 is 48.7. The highest BCUT2D eigenvalue weighted by molar-refractivity contribution is 6.11. The van der Waals surface area contributed by atoms with Gasteiger partial charge in [0.05, 0.1) is 22.7 Å². The predicted octanol–water partition coefficient (Wildman–Crippen LogP) is 4.36. The van der Waals surface area contributed by atoms with Crippen molar-refractivity contribution in [3.8, 4) is 0 Å². The molecular formula is C26H27F3N4O3. The zero-order chi connectivity index (χ0) is 25.8. The first-order valence-electron chi connectivity index (χ1n) is 11.8. The van der Waals surface area contributed by atoms with E-state index in [1.165, 1.54) is 12.1 Å². The molecule has 7 nitrogen and oxygen atoms in total. The van der Waals surface area contributed by atoms with Crippen molar-refractivity contribution in [3.05, 3.63) is 58.5 Å². The lowest BCUT2D eigenvalue weighted by Crippen LogP contribution is -2.42. The second-order valence-electron chi connectivity index (χ2n) is 9.54. The molecule has 3 aromatic rings. The number of aryl methyl sites for hydroxylation is 1. The summed E-state index contributed by atoms with van der Waals surface area (Å²) in [6.07, 6.45) is 1.14. The van der Waals surface area contributed by atoms with Crippen molar-refractivity contribution in [1.82, 2.24) is 10.2 Å². The molecule has 1 aromatic heterocycles. The molecule has 5 rings (SSSR count). The second kappa shape index (κ2) is 8.70. The number of amides is 1. The number of nitrogens with one attached hydrogen (secondary N) is 1. The Bertz CT molecular complexity index is 1360. The van der Waals surface area contributed by atoms with Crippen LogP contribution in [0.2, 0.25) is 0 Å². The Morgan fingerprint density at radius 2 is 1.94 bits per heavy atom. The molecule has 2 N–H and O–H groups in total. The van der Waals surface area contributed by atoms with E-state index in [9.17, 15) is 13.6 Å². The number of likely N-dealkylation sites (N-methyl/N-ethyl adjacent to an activating group) is 1. The van der Waals surface area contributed by atoms with Gasteiger partial charge in [-0.3, -0.25) is 4.79 Å². The highest BCUT2D eigenvalue weighted by atomic mass is 19.3. The number of halogens is 3. The Morgan fingerprint density at radius 1 is 1.22 bits per heavy atom. The quantitative estimate of drug-likeness (QED) is 0.542. The fourth-order valence-electron chi connectivity index (χ4n) is 5.37. The lowest BCUT2D eigenvalue weighted by Gasteiger charge is -2.32. The van der Waals surface area contributed by atoms with Crippen molar-refractivity contribution < 1.29 is 27.8 Å². The Labute approximate surface area is 206 Å². The third kappa shape index (κ3) is 3.62. The molecule has 10 heteroatoms. The molecule has 0 radical (unpaired) electrons. The normalized spacial score (nSPS) is 18.1. The highest BCUT2D eigenvalue weighted by Crippen LogP contribution is 2.49. The van der Waals surface area contributed by atoms with E-state index < -0.39 is 35.4 Å². The van der Waals surface area contributed by atoms with Crippen LogP contribution < -0.4 is 10.2 Å². The van der Waals surface area contributed by atoms with E-state index in [1.54, 1.807) is 18.9 Å². The molecule has 1 atom stereocenters. The minimum Gasteiger partial charge on any atom is -0.390 e. The summed E-state index contributed by atoms with van der Waals surface area (Å²) in [5.41, 5.74) is 0.840. The average Bonchev–Trinajstić information content (AvgIpc) is 3.06. The van der Waals surface area contributed by atoms with Crippen LogP contribution in [-0.4, -0.2) is 48.1 Å². The van der Waals surface area contributed by atoms with Gasteiger partial charge in [-0.2, -0.15) is 13.9 Å². The van der Waals surface area contributed by atoms with E-state index in [1.807, 2.05) is 19.1 Å². The van der Waals surface area contributed by atoms with E-state index >= 15 is 4.39 Å². The van der Waals surface area contributed by atoms with Crippen LogP contribution in [0.5, 0.6) is 0 Å². The van der Waals surface area contributed by atoms with Crippen LogP contribution in [0.4, 0.5) is 24.7 Å². The van der Waals surface area contributed by atoms with Crippen molar-refractivity contribution in [2.24, 2.45) is 0 Å². The largest absolute Gasteiger partial charge is 0.390 e. The Morgan fingerprint density at radius 3 is 2.64 bits per heavy atom. The summed E-state index contributed by atoms with van der Waals surface area (Å²) in [6.45, 7) is 2.93. The molecule has 2 aliphatic rings. The fraction of sp³-hybridized carbons (Fsp3) is 0.423. The van der Waals surface area contributed by atoms with Crippen LogP contribution in [0.25, 0.3) is 10.8 Å². The number of carbonyl (C=O) groups is 1. The maximum absolute atomic E-state index is 15.1. The van der Waals surface area contributed by atoms with Crippen molar-refractivity contribution in [2.75, 3.05) is 37.1 Å². The van der Waals surface area contributed by atoms with E-state index in [0.717, 1.165) is 22.7 Å². The number of ether oxygens (including phenoxy) is 1. The second-order valence-corrected chi connectivity index (χ2v) is 9.54. The number of benzene rings is 2. The number of aromatic nitrogens is 2. The molecule has 0 saturated carbocycles. The number of hydrogen-bond donors (Lipinski definition) is 2. The van der Waals surface area contributed by atoms with Gasteiger partial charge in [0.1, 0.15) is 12.4 Å². The van der Waals surface area contributed by atoms with E-state index in [-0.39, 0.29) is 11.5 Å². The highest BCUT2D eigenvalue weighted by Gasteiger charge is 2.50. The lowest BCUT2D eigenvalue weighted by molar-refractivity contribution is -0.126. The number of fused-ring (bicyclic) bond motifs is 3. The summed E-state index contributed by atoms with van der Waals surface area (Å²) in [6, 6.07) is 6.84. The van der Waals surface area contributed by atoms with Crippen molar-refractivity contribution >= 4 is 28.2 Å². The van der Waals surface area contributed by atoms with E-state index in [2.05, 4.69) is 15.5 Å². The smallest absolute Gasteiger partial charge is 0.298 e. The number of carbonyl (C=O) groups excluding carboxylic acids is 1. The van der Waals surface area contributed by atoms with Crippen LogP contribution in [-0.2, 0) is 20.9 Å². The summed E-state index contributed by atoms with van der Waals surface area (Å²) in [5.74, 6) is -4.40. The van der Waals surface area contributed by atoms with Gasteiger partial charge >= 0.3 is 0 Å². The van der Waals surface area contributed by atoms with Gasteiger partial charge in [0.2, 0.25) is 5.91 Å². The number of aliphatic hydroxyl groups excluding tert-OH is 1. The van der Waals surface area contributed by atoms with Gasteiger partial charge in [0, 0.05) is 42.3 Å². The van der Waals surface area contributed by atoms with Crippen LogP contribution in [0.15, 0.2) is 30.3 Å². The fourth-order valence-corrected chi connectivity index (χ4v) is 5.37. The van der Waals surface area contributed by atoms with Crippen LogP contribution in [0.3, 0.4) is 0 Å². The number of nitrogens with zero attached hydrogens (tertiary/aromatic N) is 3. The minimum atomic E-state index is -3.70. The van der Waals surface area contributed by atoms with Crippen LogP contribution in [0.1, 0.15) is 48.2 Å². The van der Waals surface area contributed by atoms with Crippen LogP contribution >= 0.6 is 0 Å². The number of alkyl halides is 2. The first-order chi connectivity index (χ1) is 17.1. The first kappa shape index (κ1) is 24.5. The van der Waals surface area contributed by atoms with Crippen molar-refractivity contribution in [2.45, 2.75) is 44.1 Å². The number of hydrogen-bond acceptors (Lipinski definition) is 6. The molecule has 1 fully saturated rings. The monoisotopic (exact) mass is 500 g/mol. The van der Waals surface area contributed by atoms with Gasteiger partial charge in [-0.05, 0) is 50.5 Å². The van der Waals surface area contributed by atoms with E-state index in [0.29, 0.717) is 43.0 Å². The topological polar surface area (TPSA) is 87.6 Å². The first-order valence-corrected chi connectivity index (χ1v) is 11.8.